The van der Waals surface area contributed by atoms with Crippen molar-refractivity contribution in [1.29, 1.82) is 0 Å². The molecule has 17 heavy (non-hydrogen) atoms. The molecule has 0 spiro atoms. The number of rotatable bonds is 2. The fourth-order valence-corrected chi connectivity index (χ4v) is 2.17. The fourth-order valence-electron chi connectivity index (χ4n) is 2.06. The Morgan fingerprint density at radius 3 is 2.94 bits per heavy atom. The van der Waals surface area contributed by atoms with Crippen molar-refractivity contribution in [2.24, 2.45) is 5.73 Å². The average molecular weight is 250 g/mol. The van der Waals surface area contributed by atoms with Gasteiger partial charge in [-0.15, -0.1) is 0 Å². The van der Waals surface area contributed by atoms with Crippen LogP contribution < -0.4 is 10.6 Å². The lowest BCUT2D eigenvalue weighted by molar-refractivity contribution is 0.360. The first-order valence-electron chi connectivity index (χ1n) is 5.86. The van der Waals surface area contributed by atoms with E-state index in [2.05, 4.69) is 21.8 Å². The maximum Gasteiger partial charge on any atom is 0.122 e. The first-order chi connectivity index (χ1) is 8.16. The summed E-state index contributed by atoms with van der Waals surface area (Å²) in [5.74, 6) is 0. The molecule has 0 radical (unpaired) electrons. The summed E-state index contributed by atoms with van der Waals surface area (Å²) in [6.45, 7) is 4.36. The molecule has 0 bridgehead atoms. The zero-order valence-corrected chi connectivity index (χ0v) is 10.9. The lowest BCUT2D eigenvalue weighted by Gasteiger charge is -2.23. The molecule has 1 saturated heterocycles. The minimum atomic E-state index is 0.360. The molecular weight excluding hydrogens is 232 g/mol. The van der Waals surface area contributed by atoms with E-state index in [1.54, 1.807) is 6.20 Å². The summed E-state index contributed by atoms with van der Waals surface area (Å²) in [4.78, 5) is 9.25. The van der Waals surface area contributed by atoms with Crippen LogP contribution in [0.2, 0.25) is 0 Å². The molecule has 0 atom stereocenters. The Hall–Kier alpha value is -1.20. The van der Waals surface area contributed by atoms with Gasteiger partial charge in [0.05, 0.1) is 5.69 Å². The van der Waals surface area contributed by atoms with E-state index < -0.39 is 0 Å². The molecule has 1 aliphatic heterocycles. The van der Waals surface area contributed by atoms with E-state index in [1.807, 2.05) is 12.1 Å². The van der Waals surface area contributed by atoms with Crippen LogP contribution in [0.25, 0.3) is 0 Å². The Morgan fingerprint density at radius 1 is 1.35 bits per heavy atom. The number of hydrogen-bond acceptors (Lipinski definition) is 4. The Bertz CT molecular complexity index is 407. The molecule has 1 fully saturated rings. The van der Waals surface area contributed by atoms with Gasteiger partial charge >= 0.3 is 0 Å². The summed E-state index contributed by atoms with van der Waals surface area (Å²) in [7, 11) is 2.16. The molecule has 5 heteroatoms. The third kappa shape index (κ3) is 3.14. The Morgan fingerprint density at radius 2 is 2.18 bits per heavy atom. The van der Waals surface area contributed by atoms with Crippen LogP contribution in [-0.2, 0) is 0 Å². The van der Waals surface area contributed by atoms with Crippen LogP contribution in [0.3, 0.4) is 0 Å². The topological polar surface area (TPSA) is 45.4 Å². The summed E-state index contributed by atoms with van der Waals surface area (Å²) in [6.07, 6.45) is 2.96. The van der Waals surface area contributed by atoms with Crippen LogP contribution in [0.1, 0.15) is 12.1 Å². The monoisotopic (exact) mass is 250 g/mol. The van der Waals surface area contributed by atoms with Gasteiger partial charge in [0.25, 0.3) is 0 Å². The van der Waals surface area contributed by atoms with Crippen LogP contribution in [0.15, 0.2) is 18.3 Å². The molecule has 4 nitrogen and oxygen atoms in total. The summed E-state index contributed by atoms with van der Waals surface area (Å²) in [5.41, 5.74) is 7.48. The number of nitrogens with zero attached hydrogens (tertiary/aromatic N) is 3. The number of likely N-dealkylation sites (N-methyl/N-ethyl adjacent to an activating group) is 1. The first kappa shape index (κ1) is 12.3. The molecule has 0 unspecified atom stereocenters. The van der Waals surface area contributed by atoms with E-state index in [9.17, 15) is 0 Å². The van der Waals surface area contributed by atoms with Gasteiger partial charge in [-0.2, -0.15) is 0 Å². The first-order valence-corrected chi connectivity index (χ1v) is 6.27. The second-order valence-corrected chi connectivity index (χ2v) is 4.85. The second kappa shape index (κ2) is 5.42. The number of thiocarbonyl (C=S) groups is 1. The van der Waals surface area contributed by atoms with Gasteiger partial charge in [-0.3, -0.25) is 4.98 Å². The molecule has 0 saturated carbocycles. The van der Waals surface area contributed by atoms with Crippen molar-refractivity contribution in [3.63, 3.8) is 0 Å². The predicted molar refractivity (Wildman–Crippen MR) is 74.5 cm³/mol. The van der Waals surface area contributed by atoms with Crippen LogP contribution in [0.4, 0.5) is 5.69 Å². The van der Waals surface area contributed by atoms with E-state index >= 15 is 0 Å². The lowest BCUT2D eigenvalue weighted by atomic mass is 10.2. The van der Waals surface area contributed by atoms with Crippen LogP contribution >= 0.6 is 12.2 Å². The van der Waals surface area contributed by atoms with Gasteiger partial charge in [0, 0.05) is 31.5 Å². The van der Waals surface area contributed by atoms with Gasteiger partial charge in [-0.05, 0) is 32.1 Å². The minimum Gasteiger partial charge on any atom is -0.388 e. The van der Waals surface area contributed by atoms with Crippen LogP contribution in [0, 0.1) is 0 Å². The third-order valence-electron chi connectivity index (χ3n) is 3.08. The highest BCUT2D eigenvalue weighted by atomic mass is 32.1. The van der Waals surface area contributed by atoms with E-state index in [-0.39, 0.29) is 0 Å². The Balaban J connectivity index is 2.15. The van der Waals surface area contributed by atoms with Gasteiger partial charge in [-0.25, -0.2) is 0 Å². The van der Waals surface area contributed by atoms with Crippen LogP contribution in [0.5, 0.6) is 0 Å². The second-order valence-electron chi connectivity index (χ2n) is 4.41. The number of nitrogens with two attached hydrogens (primary N) is 1. The van der Waals surface area contributed by atoms with Crippen molar-refractivity contribution in [3.8, 4) is 0 Å². The van der Waals surface area contributed by atoms with Gasteiger partial charge in [0.1, 0.15) is 4.99 Å². The minimum absolute atomic E-state index is 0.360. The van der Waals surface area contributed by atoms with Gasteiger partial charge in [0.2, 0.25) is 0 Å². The summed E-state index contributed by atoms with van der Waals surface area (Å²) in [5, 5.41) is 0. The maximum absolute atomic E-state index is 5.61. The highest BCUT2D eigenvalue weighted by molar-refractivity contribution is 7.80. The SMILES string of the molecule is CN1CCCN(c2ccnc(C(N)=S)c2)CC1. The molecule has 1 aromatic heterocycles. The average Bonchev–Trinajstić information content (AvgIpc) is 2.54. The molecule has 92 valence electrons. The van der Waals surface area contributed by atoms with Gasteiger partial charge in [0.15, 0.2) is 0 Å². The predicted octanol–water partition coefficient (Wildman–Crippen LogP) is 0.858. The summed E-state index contributed by atoms with van der Waals surface area (Å²) < 4.78 is 0. The van der Waals surface area contributed by atoms with E-state index in [4.69, 9.17) is 18.0 Å². The molecule has 2 N–H and O–H groups in total. The molecular formula is C12H18N4S. The van der Waals surface area contributed by atoms with E-state index in [0.717, 1.165) is 31.9 Å². The molecule has 2 rings (SSSR count). The standard InChI is InChI=1S/C12H18N4S/c1-15-5-2-6-16(8-7-15)10-3-4-14-11(9-10)12(13)17/h3-4,9H,2,5-8H2,1H3,(H2,13,17). The highest BCUT2D eigenvalue weighted by Gasteiger charge is 2.13. The summed E-state index contributed by atoms with van der Waals surface area (Å²) in [6, 6.07) is 4.00. The molecule has 2 heterocycles. The van der Waals surface area contributed by atoms with Crippen molar-refractivity contribution in [2.45, 2.75) is 6.42 Å². The third-order valence-corrected chi connectivity index (χ3v) is 3.29. The lowest BCUT2D eigenvalue weighted by Crippen LogP contribution is -2.29. The van der Waals surface area contributed by atoms with Crippen molar-refractivity contribution < 1.29 is 0 Å². The largest absolute Gasteiger partial charge is 0.388 e. The molecule has 0 amide bonds. The number of hydrogen-bond donors (Lipinski definition) is 1. The van der Waals surface area contributed by atoms with Gasteiger partial charge < -0.3 is 15.5 Å². The quantitative estimate of drug-likeness (QED) is 0.789. The summed E-state index contributed by atoms with van der Waals surface area (Å²) >= 11 is 4.96. The zero-order valence-electron chi connectivity index (χ0n) is 10.1. The van der Waals surface area contributed by atoms with Crippen molar-refractivity contribution in [1.82, 2.24) is 9.88 Å². The molecule has 0 aromatic carbocycles. The Kier molecular flexibility index (Phi) is 3.91. The maximum atomic E-state index is 5.61. The van der Waals surface area contributed by atoms with Gasteiger partial charge in [-0.1, -0.05) is 12.2 Å². The van der Waals surface area contributed by atoms with Crippen molar-refractivity contribution in [2.75, 3.05) is 38.1 Å². The smallest absolute Gasteiger partial charge is 0.122 e. The zero-order chi connectivity index (χ0) is 12.3. The van der Waals surface area contributed by atoms with Crippen LogP contribution in [-0.4, -0.2) is 48.1 Å². The van der Waals surface area contributed by atoms with Crippen molar-refractivity contribution in [3.05, 3.63) is 24.0 Å². The normalized spacial score (nSPS) is 17.8. The number of pyridine rings is 1. The Labute approximate surface area is 107 Å². The fraction of sp³-hybridized carbons (Fsp3) is 0.500. The molecule has 1 aromatic rings. The van der Waals surface area contributed by atoms with E-state index in [0.29, 0.717) is 10.7 Å². The molecule has 1 aliphatic rings. The number of anilines is 1. The highest BCUT2D eigenvalue weighted by Crippen LogP contribution is 2.16. The van der Waals surface area contributed by atoms with E-state index in [1.165, 1.54) is 6.42 Å². The van der Waals surface area contributed by atoms with Crippen molar-refractivity contribution >= 4 is 22.9 Å². The number of aromatic nitrogens is 1. The molecule has 0 aliphatic carbocycles.